The summed E-state index contributed by atoms with van der Waals surface area (Å²) in [5.41, 5.74) is 1.06. The van der Waals surface area contributed by atoms with Gasteiger partial charge in [-0.15, -0.1) is 6.58 Å². The highest BCUT2D eigenvalue weighted by molar-refractivity contribution is 5.71. The molecule has 0 aliphatic carbocycles. The third-order valence-electron chi connectivity index (χ3n) is 2.91. The summed E-state index contributed by atoms with van der Waals surface area (Å²) in [6.07, 6.45) is 2.43. The molecule has 0 bridgehead atoms. The van der Waals surface area contributed by atoms with Gasteiger partial charge in [0.05, 0.1) is 18.1 Å². The lowest BCUT2D eigenvalue weighted by atomic mass is 10.1. The number of esters is 1. The molecule has 0 atom stereocenters. The van der Waals surface area contributed by atoms with Crippen molar-refractivity contribution in [3.63, 3.8) is 0 Å². The van der Waals surface area contributed by atoms with Crippen LogP contribution in [-0.4, -0.2) is 42.0 Å². The van der Waals surface area contributed by atoms with E-state index in [9.17, 15) is 14.9 Å². The van der Waals surface area contributed by atoms with Gasteiger partial charge in [-0.05, 0) is 18.9 Å². The lowest BCUT2D eigenvalue weighted by Gasteiger charge is -2.19. The Labute approximate surface area is 124 Å². The van der Waals surface area contributed by atoms with Crippen molar-refractivity contribution < 1.29 is 14.5 Å². The van der Waals surface area contributed by atoms with E-state index < -0.39 is 4.92 Å². The summed E-state index contributed by atoms with van der Waals surface area (Å²) in [6, 6.07) is 6.43. The minimum atomic E-state index is -0.422. The number of ether oxygens (including phenoxy) is 1. The third-order valence-corrected chi connectivity index (χ3v) is 2.91. The molecule has 0 fully saturated rings. The monoisotopic (exact) mass is 292 g/mol. The van der Waals surface area contributed by atoms with Crippen LogP contribution in [0.25, 0.3) is 0 Å². The SMILES string of the molecule is C=CCN(CCc1ccc([N+](=O)[O-])cc1)CC(=O)OCC. The lowest BCUT2D eigenvalue weighted by Crippen LogP contribution is -2.33. The van der Waals surface area contributed by atoms with Crippen LogP contribution in [0.3, 0.4) is 0 Å². The van der Waals surface area contributed by atoms with Gasteiger partial charge in [-0.1, -0.05) is 18.2 Å². The number of carbonyl (C=O) groups is 1. The summed E-state index contributed by atoms with van der Waals surface area (Å²) < 4.78 is 4.92. The molecule has 0 heterocycles. The van der Waals surface area contributed by atoms with Crippen LogP contribution >= 0.6 is 0 Å². The predicted octanol–water partition coefficient (Wildman–Crippen LogP) is 2.19. The second kappa shape index (κ2) is 8.86. The topological polar surface area (TPSA) is 72.7 Å². The normalized spacial score (nSPS) is 10.4. The fourth-order valence-corrected chi connectivity index (χ4v) is 1.88. The Balaban J connectivity index is 2.53. The Morgan fingerprint density at radius 3 is 2.62 bits per heavy atom. The van der Waals surface area contributed by atoms with Crippen molar-refractivity contribution in [2.45, 2.75) is 13.3 Å². The molecule has 1 aromatic carbocycles. The molecule has 0 unspecified atom stereocenters. The highest BCUT2D eigenvalue weighted by Gasteiger charge is 2.11. The molecule has 21 heavy (non-hydrogen) atoms. The maximum atomic E-state index is 11.5. The second-order valence-electron chi connectivity index (χ2n) is 4.50. The summed E-state index contributed by atoms with van der Waals surface area (Å²) in [4.78, 5) is 23.6. The highest BCUT2D eigenvalue weighted by Crippen LogP contribution is 2.12. The third kappa shape index (κ3) is 6.18. The fraction of sp³-hybridized carbons (Fsp3) is 0.400. The molecule has 0 saturated carbocycles. The summed E-state index contributed by atoms with van der Waals surface area (Å²) >= 11 is 0. The van der Waals surface area contributed by atoms with Gasteiger partial charge in [0.2, 0.25) is 0 Å². The van der Waals surface area contributed by atoms with E-state index in [1.54, 1.807) is 25.1 Å². The highest BCUT2D eigenvalue weighted by atomic mass is 16.6. The molecule has 0 aliphatic heterocycles. The molecule has 0 spiro atoms. The summed E-state index contributed by atoms with van der Waals surface area (Å²) in [5, 5.41) is 10.6. The molecule has 114 valence electrons. The largest absolute Gasteiger partial charge is 0.465 e. The molecule has 0 aliphatic rings. The second-order valence-corrected chi connectivity index (χ2v) is 4.50. The number of nitro groups is 1. The van der Waals surface area contributed by atoms with E-state index in [-0.39, 0.29) is 18.2 Å². The molecule has 6 heteroatoms. The Morgan fingerprint density at radius 1 is 1.43 bits per heavy atom. The molecular formula is C15H20N2O4. The van der Waals surface area contributed by atoms with Crippen molar-refractivity contribution in [2.24, 2.45) is 0 Å². The maximum Gasteiger partial charge on any atom is 0.320 e. The first-order chi connectivity index (χ1) is 10.1. The number of carbonyl (C=O) groups excluding carboxylic acids is 1. The summed E-state index contributed by atoms with van der Waals surface area (Å²) in [6.45, 7) is 7.27. The molecule has 0 amide bonds. The van der Waals surface area contributed by atoms with E-state index in [0.29, 0.717) is 26.1 Å². The van der Waals surface area contributed by atoms with Crippen LogP contribution in [0, 0.1) is 10.1 Å². The Bertz CT molecular complexity index is 485. The number of benzene rings is 1. The summed E-state index contributed by atoms with van der Waals surface area (Å²) in [5.74, 6) is -0.261. The van der Waals surface area contributed by atoms with E-state index in [1.807, 2.05) is 4.90 Å². The van der Waals surface area contributed by atoms with Crippen LogP contribution in [-0.2, 0) is 16.0 Å². The molecular weight excluding hydrogens is 272 g/mol. The Kier molecular flexibility index (Phi) is 7.11. The molecule has 6 nitrogen and oxygen atoms in total. The van der Waals surface area contributed by atoms with E-state index in [0.717, 1.165) is 5.56 Å². The van der Waals surface area contributed by atoms with E-state index in [4.69, 9.17) is 4.74 Å². The van der Waals surface area contributed by atoms with Gasteiger partial charge in [-0.3, -0.25) is 19.8 Å². The Morgan fingerprint density at radius 2 is 2.10 bits per heavy atom. The van der Waals surface area contributed by atoms with Crippen LogP contribution < -0.4 is 0 Å². The van der Waals surface area contributed by atoms with Crippen LogP contribution in [0.2, 0.25) is 0 Å². The van der Waals surface area contributed by atoms with Crippen molar-refractivity contribution in [1.29, 1.82) is 0 Å². The number of non-ortho nitro benzene ring substituents is 1. The van der Waals surface area contributed by atoms with E-state index in [2.05, 4.69) is 6.58 Å². The minimum Gasteiger partial charge on any atom is -0.465 e. The predicted molar refractivity (Wildman–Crippen MR) is 80.1 cm³/mol. The van der Waals surface area contributed by atoms with Gasteiger partial charge in [-0.2, -0.15) is 0 Å². The van der Waals surface area contributed by atoms with Gasteiger partial charge in [0.1, 0.15) is 0 Å². The fourth-order valence-electron chi connectivity index (χ4n) is 1.88. The van der Waals surface area contributed by atoms with Crippen molar-refractivity contribution in [3.05, 3.63) is 52.6 Å². The zero-order valence-electron chi connectivity index (χ0n) is 12.2. The van der Waals surface area contributed by atoms with E-state index >= 15 is 0 Å². The molecule has 1 aromatic rings. The van der Waals surface area contributed by atoms with Crippen LogP contribution in [0.15, 0.2) is 36.9 Å². The first-order valence-electron chi connectivity index (χ1n) is 6.79. The molecule has 0 aromatic heterocycles. The molecule has 0 N–H and O–H groups in total. The van der Waals surface area contributed by atoms with Gasteiger partial charge < -0.3 is 4.74 Å². The number of rotatable bonds is 9. The van der Waals surface area contributed by atoms with Gasteiger partial charge >= 0.3 is 5.97 Å². The summed E-state index contributed by atoms with van der Waals surface area (Å²) in [7, 11) is 0. The number of hydrogen-bond donors (Lipinski definition) is 0. The van der Waals surface area contributed by atoms with Crippen LogP contribution in [0.1, 0.15) is 12.5 Å². The van der Waals surface area contributed by atoms with Gasteiger partial charge in [0, 0.05) is 25.2 Å². The van der Waals surface area contributed by atoms with Gasteiger partial charge in [0.25, 0.3) is 5.69 Å². The van der Waals surface area contributed by atoms with Crippen LogP contribution in [0.4, 0.5) is 5.69 Å². The van der Waals surface area contributed by atoms with Crippen molar-refractivity contribution in [3.8, 4) is 0 Å². The maximum absolute atomic E-state index is 11.5. The van der Waals surface area contributed by atoms with Crippen molar-refractivity contribution >= 4 is 11.7 Å². The zero-order chi connectivity index (χ0) is 15.7. The van der Waals surface area contributed by atoms with Crippen molar-refractivity contribution in [1.82, 2.24) is 4.90 Å². The molecule has 0 saturated heterocycles. The lowest BCUT2D eigenvalue weighted by molar-refractivity contribution is -0.384. The van der Waals surface area contributed by atoms with Crippen molar-refractivity contribution in [2.75, 3.05) is 26.2 Å². The Hall–Kier alpha value is -2.21. The van der Waals surface area contributed by atoms with E-state index in [1.165, 1.54) is 12.1 Å². The first kappa shape index (κ1) is 16.8. The zero-order valence-corrected chi connectivity index (χ0v) is 12.2. The quantitative estimate of drug-likeness (QED) is 0.302. The number of hydrogen-bond acceptors (Lipinski definition) is 5. The average molecular weight is 292 g/mol. The molecule has 0 radical (unpaired) electrons. The standard InChI is InChI=1S/C15H20N2O4/c1-3-10-16(12-15(18)21-4-2)11-9-13-5-7-14(8-6-13)17(19)20/h3,5-8H,1,4,9-12H2,2H3. The number of nitrogens with zero attached hydrogens (tertiary/aromatic N) is 2. The molecule has 1 rings (SSSR count). The smallest absolute Gasteiger partial charge is 0.320 e. The number of nitro benzene ring substituents is 1. The van der Waals surface area contributed by atoms with Gasteiger partial charge in [-0.25, -0.2) is 0 Å². The van der Waals surface area contributed by atoms with Crippen LogP contribution in [0.5, 0.6) is 0 Å². The van der Waals surface area contributed by atoms with Gasteiger partial charge in [0.15, 0.2) is 0 Å². The first-order valence-corrected chi connectivity index (χ1v) is 6.79. The minimum absolute atomic E-state index is 0.0771. The average Bonchev–Trinajstić information content (AvgIpc) is 2.45.